The van der Waals surface area contributed by atoms with Gasteiger partial charge in [-0.3, -0.25) is 0 Å². The minimum Gasteiger partial charge on any atom is -0.356 e. The van der Waals surface area contributed by atoms with E-state index in [0.29, 0.717) is 12.5 Å². The highest BCUT2D eigenvalue weighted by Crippen LogP contribution is 2.19. The van der Waals surface area contributed by atoms with Crippen molar-refractivity contribution in [3.05, 3.63) is 52.6 Å². The monoisotopic (exact) mass is 401 g/mol. The number of nitrogens with one attached hydrogen (secondary N) is 2. The SMILES string of the molecule is Cc1ccc(/C=C/S(=O)(=O)NCCNc2nc(C)cc(N3CCCC3)n2)cc1. The molecule has 1 fully saturated rings. The minimum absolute atomic E-state index is 0.247. The van der Waals surface area contributed by atoms with Crippen LogP contribution in [0.5, 0.6) is 0 Å². The Kier molecular flexibility index (Phi) is 6.64. The van der Waals surface area contributed by atoms with E-state index in [4.69, 9.17) is 0 Å². The van der Waals surface area contributed by atoms with Crippen LogP contribution in [-0.4, -0.2) is 44.6 Å². The van der Waals surface area contributed by atoms with Gasteiger partial charge in [-0.1, -0.05) is 29.8 Å². The van der Waals surface area contributed by atoms with Crippen molar-refractivity contribution in [3.63, 3.8) is 0 Å². The van der Waals surface area contributed by atoms with Crippen molar-refractivity contribution in [1.82, 2.24) is 14.7 Å². The van der Waals surface area contributed by atoms with Crippen LogP contribution < -0.4 is 14.9 Å². The molecule has 0 unspecified atom stereocenters. The van der Waals surface area contributed by atoms with Crippen LogP contribution in [0.1, 0.15) is 29.7 Å². The van der Waals surface area contributed by atoms with Gasteiger partial charge in [-0.05, 0) is 38.3 Å². The number of anilines is 2. The summed E-state index contributed by atoms with van der Waals surface area (Å²) < 4.78 is 26.8. The number of benzene rings is 1. The summed E-state index contributed by atoms with van der Waals surface area (Å²) in [5.74, 6) is 1.45. The third-order valence-corrected chi connectivity index (χ3v) is 5.60. The van der Waals surface area contributed by atoms with Crippen molar-refractivity contribution >= 4 is 27.9 Å². The predicted molar refractivity (Wildman–Crippen MR) is 114 cm³/mol. The van der Waals surface area contributed by atoms with Gasteiger partial charge < -0.3 is 10.2 Å². The Morgan fingerprint density at radius 3 is 2.50 bits per heavy atom. The zero-order valence-corrected chi connectivity index (χ0v) is 17.2. The molecule has 2 N–H and O–H groups in total. The summed E-state index contributed by atoms with van der Waals surface area (Å²) in [4.78, 5) is 11.2. The van der Waals surface area contributed by atoms with Gasteiger partial charge in [0, 0.05) is 43.3 Å². The molecule has 1 saturated heterocycles. The summed E-state index contributed by atoms with van der Waals surface area (Å²) in [6.07, 6.45) is 3.95. The van der Waals surface area contributed by atoms with E-state index in [-0.39, 0.29) is 6.54 Å². The van der Waals surface area contributed by atoms with Crippen molar-refractivity contribution in [2.75, 3.05) is 36.4 Å². The maximum atomic E-state index is 12.1. The van der Waals surface area contributed by atoms with Gasteiger partial charge in [-0.15, -0.1) is 0 Å². The molecule has 7 nitrogen and oxygen atoms in total. The summed E-state index contributed by atoms with van der Waals surface area (Å²) in [5, 5.41) is 4.29. The standard InChI is InChI=1S/C20H27N5O2S/c1-16-5-7-18(8-6-16)9-14-28(26,27)22-11-10-21-20-23-17(2)15-19(24-20)25-12-3-4-13-25/h5-9,14-15,22H,3-4,10-13H2,1-2H3,(H,21,23,24)/b14-9+. The number of aromatic nitrogens is 2. The Balaban J connectivity index is 1.50. The molecule has 0 amide bonds. The first-order valence-corrected chi connectivity index (χ1v) is 11.0. The summed E-state index contributed by atoms with van der Waals surface area (Å²) in [7, 11) is -3.49. The Hall–Kier alpha value is -2.45. The van der Waals surface area contributed by atoms with E-state index >= 15 is 0 Å². The van der Waals surface area contributed by atoms with E-state index in [1.165, 1.54) is 18.2 Å². The zero-order valence-electron chi connectivity index (χ0n) is 16.4. The molecular formula is C20H27N5O2S. The van der Waals surface area contributed by atoms with E-state index in [1.807, 2.05) is 44.2 Å². The molecule has 28 heavy (non-hydrogen) atoms. The van der Waals surface area contributed by atoms with Crippen molar-refractivity contribution in [2.24, 2.45) is 0 Å². The molecule has 1 aromatic carbocycles. The van der Waals surface area contributed by atoms with Crippen LogP contribution in [0.15, 0.2) is 35.7 Å². The Labute approximate surface area is 167 Å². The first kappa shape index (κ1) is 20.3. The Bertz CT molecular complexity index is 920. The molecule has 150 valence electrons. The van der Waals surface area contributed by atoms with Crippen LogP contribution in [-0.2, 0) is 10.0 Å². The topological polar surface area (TPSA) is 87.2 Å². The maximum absolute atomic E-state index is 12.1. The van der Waals surface area contributed by atoms with E-state index in [1.54, 1.807) is 6.08 Å². The van der Waals surface area contributed by atoms with Gasteiger partial charge in [0.1, 0.15) is 5.82 Å². The van der Waals surface area contributed by atoms with E-state index in [0.717, 1.165) is 35.7 Å². The van der Waals surface area contributed by atoms with Crippen molar-refractivity contribution in [3.8, 4) is 0 Å². The van der Waals surface area contributed by atoms with Crippen LogP contribution in [0.4, 0.5) is 11.8 Å². The first-order chi connectivity index (χ1) is 13.4. The number of hydrogen-bond acceptors (Lipinski definition) is 6. The molecule has 2 aromatic rings. The number of rotatable bonds is 8. The average Bonchev–Trinajstić information content (AvgIpc) is 3.19. The third-order valence-electron chi connectivity index (χ3n) is 4.50. The van der Waals surface area contributed by atoms with E-state index in [2.05, 4.69) is 24.9 Å². The molecule has 8 heteroatoms. The zero-order chi connectivity index (χ0) is 20.0. The van der Waals surface area contributed by atoms with Crippen molar-refractivity contribution in [2.45, 2.75) is 26.7 Å². The van der Waals surface area contributed by atoms with Gasteiger partial charge in [-0.25, -0.2) is 18.1 Å². The van der Waals surface area contributed by atoms with Gasteiger partial charge >= 0.3 is 0 Å². The lowest BCUT2D eigenvalue weighted by Gasteiger charge is -2.17. The molecule has 0 spiro atoms. The van der Waals surface area contributed by atoms with Crippen LogP contribution >= 0.6 is 0 Å². The van der Waals surface area contributed by atoms with E-state index < -0.39 is 10.0 Å². The fourth-order valence-corrected chi connectivity index (χ4v) is 3.82. The molecule has 0 saturated carbocycles. The van der Waals surface area contributed by atoms with Crippen LogP contribution in [0.3, 0.4) is 0 Å². The highest BCUT2D eigenvalue weighted by molar-refractivity contribution is 7.92. The fourth-order valence-electron chi connectivity index (χ4n) is 3.00. The van der Waals surface area contributed by atoms with Crippen molar-refractivity contribution < 1.29 is 8.42 Å². The molecular weight excluding hydrogens is 374 g/mol. The Morgan fingerprint density at radius 1 is 1.07 bits per heavy atom. The minimum atomic E-state index is -3.49. The molecule has 0 aliphatic carbocycles. The lowest BCUT2D eigenvalue weighted by molar-refractivity contribution is 0.592. The molecule has 2 heterocycles. The first-order valence-electron chi connectivity index (χ1n) is 9.50. The molecule has 1 aliphatic rings. The normalized spacial score (nSPS) is 14.7. The lowest BCUT2D eigenvalue weighted by atomic mass is 10.2. The van der Waals surface area contributed by atoms with Crippen molar-refractivity contribution in [1.29, 1.82) is 0 Å². The summed E-state index contributed by atoms with van der Waals surface area (Å²) >= 11 is 0. The maximum Gasteiger partial charge on any atom is 0.233 e. The van der Waals surface area contributed by atoms with Gasteiger partial charge in [0.05, 0.1) is 0 Å². The second-order valence-corrected chi connectivity index (χ2v) is 8.62. The summed E-state index contributed by atoms with van der Waals surface area (Å²) in [6, 6.07) is 9.64. The van der Waals surface area contributed by atoms with E-state index in [9.17, 15) is 8.42 Å². The Morgan fingerprint density at radius 2 is 1.79 bits per heavy atom. The average molecular weight is 402 g/mol. The molecule has 0 bridgehead atoms. The molecule has 0 atom stereocenters. The van der Waals surface area contributed by atoms with Crippen LogP contribution in [0, 0.1) is 13.8 Å². The highest BCUT2D eigenvalue weighted by Gasteiger charge is 2.15. The number of sulfonamides is 1. The van der Waals surface area contributed by atoms with Gasteiger partial charge in [0.15, 0.2) is 0 Å². The summed E-state index contributed by atoms with van der Waals surface area (Å²) in [6.45, 7) is 6.61. The number of hydrogen-bond donors (Lipinski definition) is 2. The molecule has 0 radical (unpaired) electrons. The number of nitrogens with zero attached hydrogens (tertiary/aromatic N) is 3. The molecule has 1 aromatic heterocycles. The quantitative estimate of drug-likeness (QED) is 0.662. The largest absolute Gasteiger partial charge is 0.356 e. The highest BCUT2D eigenvalue weighted by atomic mass is 32.2. The molecule has 1 aliphatic heterocycles. The second kappa shape index (κ2) is 9.16. The summed E-state index contributed by atoms with van der Waals surface area (Å²) in [5.41, 5.74) is 2.87. The van der Waals surface area contributed by atoms with Crippen LogP contribution in [0.25, 0.3) is 6.08 Å². The predicted octanol–water partition coefficient (Wildman–Crippen LogP) is 2.70. The molecule has 3 rings (SSSR count). The lowest BCUT2D eigenvalue weighted by Crippen LogP contribution is -2.28. The smallest absolute Gasteiger partial charge is 0.233 e. The third kappa shape index (κ3) is 6.03. The number of aryl methyl sites for hydroxylation is 2. The fraction of sp³-hybridized carbons (Fsp3) is 0.400. The van der Waals surface area contributed by atoms with Gasteiger partial charge in [0.25, 0.3) is 0 Å². The van der Waals surface area contributed by atoms with Crippen LogP contribution in [0.2, 0.25) is 0 Å². The van der Waals surface area contributed by atoms with Gasteiger partial charge in [0.2, 0.25) is 16.0 Å². The van der Waals surface area contributed by atoms with Gasteiger partial charge in [-0.2, -0.15) is 4.98 Å². The second-order valence-electron chi connectivity index (χ2n) is 6.96.